The van der Waals surface area contributed by atoms with Crippen LogP contribution in [0.25, 0.3) is 22.6 Å². The number of hydrogen-bond donors (Lipinski definition) is 2. The van der Waals surface area contributed by atoms with E-state index in [9.17, 15) is 9.50 Å². The first kappa shape index (κ1) is 21.3. The number of imidazole rings is 1. The summed E-state index contributed by atoms with van der Waals surface area (Å²) in [5, 5.41) is 9.27. The predicted molar refractivity (Wildman–Crippen MR) is 108 cm³/mol. The van der Waals surface area contributed by atoms with Crippen LogP contribution in [0.5, 0.6) is 6.01 Å². The molecule has 0 aliphatic carbocycles. The van der Waals surface area contributed by atoms with E-state index < -0.39 is 6.29 Å². The number of methoxy groups -OCH3 is 1. The van der Waals surface area contributed by atoms with Crippen LogP contribution in [0.4, 0.5) is 4.39 Å². The van der Waals surface area contributed by atoms with Gasteiger partial charge in [0, 0.05) is 24.8 Å². The molecule has 4 rings (SSSR count). The molecule has 10 heteroatoms. The number of aromatic nitrogens is 4. The Balaban J connectivity index is 1.68. The second kappa shape index (κ2) is 9.92. The summed E-state index contributed by atoms with van der Waals surface area (Å²) in [6, 6.07) is 7.93. The molecule has 3 heterocycles. The third-order valence-electron chi connectivity index (χ3n) is 4.70. The quantitative estimate of drug-likeness (QED) is 0.524. The first-order chi connectivity index (χ1) is 15.2. The van der Waals surface area contributed by atoms with Gasteiger partial charge in [0.15, 0.2) is 5.82 Å². The monoisotopic (exact) mass is 430 g/mol. The van der Waals surface area contributed by atoms with E-state index in [-0.39, 0.29) is 24.4 Å². The normalized spacial score (nSPS) is 18.8. The van der Waals surface area contributed by atoms with E-state index in [2.05, 4.69) is 19.9 Å². The van der Waals surface area contributed by atoms with E-state index in [0.717, 1.165) is 0 Å². The molecule has 1 saturated heterocycles. The number of nitrogens with one attached hydrogen (secondary N) is 1. The van der Waals surface area contributed by atoms with Crippen LogP contribution in [-0.4, -0.2) is 65.2 Å². The van der Waals surface area contributed by atoms with E-state index in [1.807, 2.05) is 0 Å². The Bertz CT molecular complexity index is 990. The largest absolute Gasteiger partial charge is 0.461 e. The van der Waals surface area contributed by atoms with Gasteiger partial charge in [0.05, 0.1) is 43.5 Å². The Kier molecular flexibility index (Phi) is 6.82. The van der Waals surface area contributed by atoms with Crippen LogP contribution in [0.15, 0.2) is 36.5 Å². The highest BCUT2D eigenvalue weighted by Gasteiger charge is 2.27. The van der Waals surface area contributed by atoms with Gasteiger partial charge in [0.1, 0.15) is 12.4 Å². The summed E-state index contributed by atoms with van der Waals surface area (Å²) in [6.07, 6.45) is 0.869. The zero-order chi connectivity index (χ0) is 21.6. The number of ether oxygens (including phenoxy) is 4. The maximum Gasteiger partial charge on any atom is 0.317 e. The van der Waals surface area contributed by atoms with Gasteiger partial charge in [0.2, 0.25) is 6.29 Å². The first-order valence-corrected chi connectivity index (χ1v) is 9.83. The van der Waals surface area contributed by atoms with Gasteiger partial charge >= 0.3 is 6.01 Å². The van der Waals surface area contributed by atoms with Gasteiger partial charge in [-0.2, -0.15) is 4.98 Å². The molecule has 1 aliphatic heterocycles. The molecule has 0 radical (unpaired) electrons. The van der Waals surface area contributed by atoms with Crippen LogP contribution in [-0.2, 0) is 14.2 Å². The van der Waals surface area contributed by atoms with E-state index in [4.69, 9.17) is 18.9 Å². The molecule has 3 aromatic rings. The fourth-order valence-corrected chi connectivity index (χ4v) is 3.08. The lowest BCUT2D eigenvalue weighted by atomic mass is 10.1. The number of hydrogen-bond acceptors (Lipinski definition) is 8. The van der Waals surface area contributed by atoms with Crippen LogP contribution in [0.1, 0.15) is 12.1 Å². The lowest BCUT2D eigenvalue weighted by Crippen LogP contribution is -2.29. The summed E-state index contributed by atoms with van der Waals surface area (Å²) in [4.78, 5) is 16.4. The number of aliphatic hydroxyl groups excluding tert-OH is 1. The zero-order valence-electron chi connectivity index (χ0n) is 17.0. The summed E-state index contributed by atoms with van der Waals surface area (Å²) in [5.41, 5.74) is 2.40. The molecule has 1 fully saturated rings. The number of halogens is 1. The molecule has 31 heavy (non-hydrogen) atoms. The number of H-pyrrole nitrogens is 1. The van der Waals surface area contributed by atoms with Crippen molar-refractivity contribution in [2.24, 2.45) is 5.92 Å². The van der Waals surface area contributed by atoms with Crippen LogP contribution < -0.4 is 4.74 Å². The molecular weight excluding hydrogens is 407 g/mol. The van der Waals surface area contributed by atoms with Crippen LogP contribution in [0.3, 0.4) is 0 Å². The summed E-state index contributed by atoms with van der Waals surface area (Å²) in [7, 11) is 1.58. The van der Waals surface area contributed by atoms with E-state index in [1.54, 1.807) is 31.5 Å². The van der Waals surface area contributed by atoms with Crippen LogP contribution in [0, 0.1) is 11.7 Å². The van der Waals surface area contributed by atoms with E-state index in [0.29, 0.717) is 54.9 Å². The molecule has 2 aromatic heterocycles. The van der Waals surface area contributed by atoms with Crippen molar-refractivity contribution >= 4 is 0 Å². The summed E-state index contributed by atoms with van der Waals surface area (Å²) >= 11 is 0. The molecule has 2 N–H and O–H groups in total. The minimum absolute atomic E-state index is 0.0102. The molecule has 0 unspecified atom stereocenters. The first-order valence-electron chi connectivity index (χ1n) is 9.83. The van der Waals surface area contributed by atoms with Gasteiger partial charge in [-0.05, 0) is 30.3 Å². The highest BCUT2D eigenvalue weighted by Crippen LogP contribution is 2.33. The van der Waals surface area contributed by atoms with Crippen LogP contribution in [0.2, 0.25) is 0 Å². The Labute approximate surface area is 178 Å². The number of aliphatic hydroxyl groups is 1. The topological polar surface area (TPSA) is 112 Å². The van der Waals surface area contributed by atoms with Crippen molar-refractivity contribution in [2.45, 2.75) is 6.29 Å². The van der Waals surface area contributed by atoms with Gasteiger partial charge in [0.25, 0.3) is 0 Å². The molecule has 164 valence electrons. The fourth-order valence-electron chi connectivity index (χ4n) is 3.08. The van der Waals surface area contributed by atoms with Crippen molar-refractivity contribution < 1.29 is 28.4 Å². The maximum atomic E-state index is 13.5. The third kappa shape index (κ3) is 5.05. The second-order valence-corrected chi connectivity index (χ2v) is 6.97. The highest BCUT2D eigenvalue weighted by atomic mass is 19.1. The molecule has 0 atom stereocenters. The molecule has 1 aliphatic rings. The van der Waals surface area contributed by atoms with Gasteiger partial charge in [-0.1, -0.05) is 0 Å². The number of benzene rings is 1. The minimum atomic E-state index is -0.713. The Morgan fingerprint density at radius 3 is 2.61 bits per heavy atom. The number of rotatable bonds is 8. The van der Waals surface area contributed by atoms with Gasteiger partial charge in [-0.3, -0.25) is 0 Å². The third-order valence-corrected chi connectivity index (χ3v) is 4.70. The Morgan fingerprint density at radius 1 is 1.13 bits per heavy atom. The average Bonchev–Trinajstić information content (AvgIpc) is 3.25. The molecule has 0 saturated carbocycles. The van der Waals surface area contributed by atoms with Gasteiger partial charge in [-0.25, -0.2) is 14.4 Å². The molecule has 0 amide bonds. The second-order valence-electron chi connectivity index (χ2n) is 6.97. The SMILES string of the molecule is COCCOc1nccc(-c2[nH]c(C3OCC(CO)CO3)nc2-c2ccc(F)cc2)n1. The van der Waals surface area contributed by atoms with Crippen molar-refractivity contribution in [3.05, 3.63) is 48.2 Å². The Morgan fingerprint density at radius 2 is 1.90 bits per heavy atom. The molecule has 1 aromatic carbocycles. The van der Waals surface area contributed by atoms with Crippen molar-refractivity contribution in [1.29, 1.82) is 0 Å². The van der Waals surface area contributed by atoms with Crippen molar-refractivity contribution in [1.82, 2.24) is 19.9 Å². The average molecular weight is 430 g/mol. The predicted octanol–water partition coefficient (Wildman–Crippen LogP) is 2.35. The van der Waals surface area contributed by atoms with Crippen LogP contribution >= 0.6 is 0 Å². The molecule has 0 spiro atoms. The molecular formula is C21H23FN4O5. The fraction of sp³-hybridized carbons (Fsp3) is 0.381. The number of aromatic amines is 1. The molecule has 9 nitrogen and oxygen atoms in total. The highest BCUT2D eigenvalue weighted by molar-refractivity contribution is 5.76. The lowest BCUT2D eigenvalue weighted by Gasteiger charge is -2.26. The van der Waals surface area contributed by atoms with Crippen molar-refractivity contribution in [2.75, 3.05) is 40.1 Å². The van der Waals surface area contributed by atoms with Gasteiger partial charge in [-0.15, -0.1) is 0 Å². The van der Waals surface area contributed by atoms with E-state index >= 15 is 0 Å². The molecule has 0 bridgehead atoms. The minimum Gasteiger partial charge on any atom is -0.461 e. The van der Waals surface area contributed by atoms with Crippen molar-refractivity contribution in [3.8, 4) is 28.7 Å². The summed E-state index contributed by atoms with van der Waals surface area (Å²) < 4.78 is 35.4. The Hall–Kier alpha value is -2.92. The van der Waals surface area contributed by atoms with E-state index in [1.165, 1.54) is 12.1 Å². The summed E-state index contributed by atoms with van der Waals surface area (Å²) in [6.45, 7) is 1.43. The zero-order valence-corrected chi connectivity index (χ0v) is 17.0. The van der Waals surface area contributed by atoms with Crippen molar-refractivity contribution in [3.63, 3.8) is 0 Å². The maximum absolute atomic E-state index is 13.5. The standard InChI is InChI=1S/C21H23FN4O5/c1-28-8-9-29-21-23-7-6-16(24-21)18-17(14-2-4-15(22)5-3-14)25-19(26-18)20-30-11-13(10-27)12-31-20/h2-7,13,20,27H,8-12H2,1H3,(H,25,26). The smallest absolute Gasteiger partial charge is 0.317 e. The lowest BCUT2D eigenvalue weighted by molar-refractivity contribution is -0.213. The number of nitrogens with zero attached hydrogens (tertiary/aromatic N) is 3. The summed E-state index contributed by atoms with van der Waals surface area (Å²) in [5.74, 6) is 0.0352. The van der Waals surface area contributed by atoms with Gasteiger partial charge < -0.3 is 29.0 Å².